The molecule has 1 unspecified atom stereocenters. The topological polar surface area (TPSA) is 49.8 Å². The van der Waals surface area contributed by atoms with Crippen LogP contribution >= 0.6 is 24.8 Å². The molecule has 4 nitrogen and oxygen atoms in total. The van der Waals surface area contributed by atoms with E-state index in [1.807, 2.05) is 49.3 Å². The molecule has 0 saturated carbocycles. The molecule has 0 aliphatic carbocycles. The van der Waals surface area contributed by atoms with Gasteiger partial charge in [0.05, 0.1) is 6.61 Å². The number of hydrogen-bond acceptors (Lipinski definition) is 3. The Morgan fingerprint density at radius 2 is 1.84 bits per heavy atom. The summed E-state index contributed by atoms with van der Waals surface area (Å²) in [5, 5.41) is 9.02. The number of carboxylic acid groups (broad SMARTS) is 1. The SMILES string of the molecule is CN(C)CCC(OCc1ccccc1)C(=O)O.Cl.Cl. The fourth-order valence-electron chi connectivity index (χ4n) is 1.42. The molecule has 1 atom stereocenters. The van der Waals surface area contributed by atoms with Gasteiger partial charge >= 0.3 is 5.97 Å². The number of benzene rings is 1. The molecule has 0 radical (unpaired) electrons. The number of aliphatic carboxylic acids is 1. The maximum atomic E-state index is 11.0. The second-order valence-corrected chi connectivity index (χ2v) is 4.22. The highest BCUT2D eigenvalue weighted by Gasteiger charge is 2.17. The van der Waals surface area contributed by atoms with Crippen LogP contribution in [0.2, 0.25) is 0 Å². The molecule has 110 valence electrons. The Bertz CT molecular complexity index is 347. The monoisotopic (exact) mass is 309 g/mol. The molecular weight excluding hydrogens is 289 g/mol. The first-order valence-corrected chi connectivity index (χ1v) is 5.62. The zero-order valence-electron chi connectivity index (χ0n) is 11.1. The van der Waals surface area contributed by atoms with E-state index in [0.29, 0.717) is 19.6 Å². The summed E-state index contributed by atoms with van der Waals surface area (Å²) in [5.74, 6) is -0.900. The van der Waals surface area contributed by atoms with Crippen molar-refractivity contribution in [1.29, 1.82) is 0 Å². The minimum absolute atomic E-state index is 0. The molecule has 0 aromatic heterocycles. The number of ether oxygens (including phenoxy) is 1. The summed E-state index contributed by atoms with van der Waals surface area (Å²) in [6.07, 6.45) is -0.243. The standard InChI is InChI=1S/C13H19NO3.2ClH/c1-14(2)9-8-12(13(15)16)17-10-11-6-4-3-5-7-11;;/h3-7,12H,8-10H2,1-2H3,(H,15,16);2*1H. The molecule has 1 N–H and O–H groups in total. The van der Waals surface area contributed by atoms with Gasteiger partial charge in [0.2, 0.25) is 0 Å². The largest absolute Gasteiger partial charge is 0.479 e. The van der Waals surface area contributed by atoms with Gasteiger partial charge in [-0.25, -0.2) is 4.79 Å². The number of rotatable bonds is 7. The molecule has 0 heterocycles. The van der Waals surface area contributed by atoms with Crippen LogP contribution in [-0.4, -0.2) is 42.7 Å². The third-order valence-electron chi connectivity index (χ3n) is 2.41. The van der Waals surface area contributed by atoms with Gasteiger partial charge in [0.25, 0.3) is 0 Å². The van der Waals surface area contributed by atoms with E-state index >= 15 is 0 Å². The van der Waals surface area contributed by atoms with Crippen LogP contribution in [0.15, 0.2) is 30.3 Å². The zero-order valence-corrected chi connectivity index (χ0v) is 12.7. The highest BCUT2D eigenvalue weighted by Crippen LogP contribution is 2.06. The van der Waals surface area contributed by atoms with Crippen molar-refractivity contribution in [2.45, 2.75) is 19.1 Å². The molecular formula is C13H21Cl2NO3. The van der Waals surface area contributed by atoms with Crippen LogP contribution in [0.5, 0.6) is 0 Å². The van der Waals surface area contributed by atoms with Gasteiger partial charge in [0.1, 0.15) is 0 Å². The van der Waals surface area contributed by atoms with Gasteiger partial charge in [0, 0.05) is 6.54 Å². The first-order valence-electron chi connectivity index (χ1n) is 5.62. The average molecular weight is 310 g/mol. The average Bonchev–Trinajstić information content (AvgIpc) is 2.29. The van der Waals surface area contributed by atoms with E-state index in [1.165, 1.54) is 0 Å². The first kappa shape index (κ1) is 20.5. The molecule has 0 saturated heterocycles. The summed E-state index contributed by atoms with van der Waals surface area (Å²) in [6.45, 7) is 1.04. The summed E-state index contributed by atoms with van der Waals surface area (Å²) in [7, 11) is 3.83. The molecule has 0 spiro atoms. The smallest absolute Gasteiger partial charge is 0.332 e. The van der Waals surface area contributed by atoms with Gasteiger partial charge in [-0.05, 0) is 26.1 Å². The minimum atomic E-state index is -0.900. The van der Waals surface area contributed by atoms with E-state index in [1.54, 1.807) is 0 Å². The van der Waals surface area contributed by atoms with Gasteiger partial charge < -0.3 is 14.7 Å². The molecule has 0 aliphatic heterocycles. The lowest BCUT2D eigenvalue weighted by atomic mass is 10.2. The molecule has 0 bridgehead atoms. The van der Waals surface area contributed by atoms with E-state index in [2.05, 4.69) is 0 Å². The van der Waals surface area contributed by atoms with Crippen molar-refractivity contribution in [1.82, 2.24) is 4.90 Å². The van der Waals surface area contributed by atoms with E-state index in [9.17, 15) is 4.79 Å². The second kappa shape index (κ2) is 11.1. The van der Waals surface area contributed by atoms with Gasteiger partial charge in [-0.2, -0.15) is 0 Å². The maximum Gasteiger partial charge on any atom is 0.332 e. The lowest BCUT2D eigenvalue weighted by Gasteiger charge is -2.16. The third kappa shape index (κ3) is 8.83. The molecule has 19 heavy (non-hydrogen) atoms. The lowest BCUT2D eigenvalue weighted by Crippen LogP contribution is -2.28. The van der Waals surface area contributed by atoms with Crippen LogP contribution in [0.25, 0.3) is 0 Å². The van der Waals surface area contributed by atoms with Crippen molar-refractivity contribution in [3.63, 3.8) is 0 Å². The molecule has 0 aliphatic rings. The van der Waals surface area contributed by atoms with Crippen molar-refractivity contribution < 1.29 is 14.6 Å². The van der Waals surface area contributed by atoms with E-state index in [0.717, 1.165) is 5.56 Å². The predicted octanol–water partition coefficient (Wildman–Crippen LogP) is 2.45. The Hall–Kier alpha value is -0.810. The van der Waals surface area contributed by atoms with Crippen molar-refractivity contribution in [2.75, 3.05) is 20.6 Å². The predicted molar refractivity (Wildman–Crippen MR) is 80.3 cm³/mol. The first-order chi connectivity index (χ1) is 8.09. The Morgan fingerprint density at radius 3 is 2.32 bits per heavy atom. The highest BCUT2D eigenvalue weighted by molar-refractivity contribution is 5.85. The van der Waals surface area contributed by atoms with Crippen molar-refractivity contribution in [2.24, 2.45) is 0 Å². The number of hydrogen-bond donors (Lipinski definition) is 1. The minimum Gasteiger partial charge on any atom is -0.479 e. The van der Waals surface area contributed by atoms with Gasteiger partial charge in [-0.15, -0.1) is 24.8 Å². The summed E-state index contributed by atoms with van der Waals surface area (Å²) in [6, 6.07) is 9.59. The summed E-state index contributed by atoms with van der Waals surface area (Å²) < 4.78 is 5.41. The van der Waals surface area contributed by atoms with E-state index < -0.39 is 12.1 Å². The fraction of sp³-hybridized carbons (Fsp3) is 0.462. The molecule has 1 aromatic carbocycles. The molecule has 0 amide bonds. The molecule has 1 aromatic rings. The summed E-state index contributed by atoms with van der Waals surface area (Å²) in [4.78, 5) is 12.9. The molecule has 6 heteroatoms. The van der Waals surface area contributed by atoms with Crippen molar-refractivity contribution in [3.8, 4) is 0 Å². The van der Waals surface area contributed by atoms with Crippen molar-refractivity contribution >= 4 is 30.8 Å². The highest BCUT2D eigenvalue weighted by atomic mass is 35.5. The second-order valence-electron chi connectivity index (χ2n) is 4.22. The summed E-state index contributed by atoms with van der Waals surface area (Å²) in [5.41, 5.74) is 0.989. The Morgan fingerprint density at radius 1 is 1.26 bits per heavy atom. The van der Waals surface area contributed by atoms with Crippen LogP contribution in [0, 0.1) is 0 Å². The van der Waals surface area contributed by atoms with Gasteiger partial charge in [0.15, 0.2) is 6.10 Å². The fourth-order valence-corrected chi connectivity index (χ4v) is 1.42. The van der Waals surface area contributed by atoms with E-state index in [-0.39, 0.29) is 24.8 Å². The van der Waals surface area contributed by atoms with Crippen LogP contribution < -0.4 is 0 Å². The Labute approximate surface area is 126 Å². The third-order valence-corrected chi connectivity index (χ3v) is 2.41. The number of carbonyl (C=O) groups is 1. The molecule has 1 rings (SSSR count). The number of nitrogens with zero attached hydrogens (tertiary/aromatic N) is 1. The van der Waals surface area contributed by atoms with Crippen molar-refractivity contribution in [3.05, 3.63) is 35.9 Å². The number of carboxylic acids is 1. The lowest BCUT2D eigenvalue weighted by molar-refractivity contribution is -0.151. The van der Waals surface area contributed by atoms with Crippen LogP contribution in [-0.2, 0) is 16.1 Å². The van der Waals surface area contributed by atoms with E-state index in [4.69, 9.17) is 9.84 Å². The quantitative estimate of drug-likeness (QED) is 0.840. The van der Waals surface area contributed by atoms with Gasteiger partial charge in [-0.3, -0.25) is 0 Å². The molecule has 0 fully saturated rings. The maximum absolute atomic E-state index is 11.0. The number of halogens is 2. The van der Waals surface area contributed by atoms with Crippen LogP contribution in [0.3, 0.4) is 0 Å². The Kier molecular flexibility index (Phi) is 11.9. The van der Waals surface area contributed by atoms with Crippen LogP contribution in [0.4, 0.5) is 0 Å². The summed E-state index contributed by atoms with van der Waals surface area (Å²) >= 11 is 0. The zero-order chi connectivity index (χ0) is 12.7. The Balaban J connectivity index is 0. The normalized spacial score (nSPS) is 11.3. The van der Waals surface area contributed by atoms with Crippen LogP contribution in [0.1, 0.15) is 12.0 Å². The van der Waals surface area contributed by atoms with Gasteiger partial charge in [-0.1, -0.05) is 30.3 Å².